The maximum atomic E-state index is 12.4. The van der Waals surface area contributed by atoms with Gasteiger partial charge in [0.2, 0.25) is 0 Å². The van der Waals surface area contributed by atoms with Gasteiger partial charge >= 0.3 is 6.61 Å². The van der Waals surface area contributed by atoms with Gasteiger partial charge in [-0.15, -0.1) is 0 Å². The molecule has 0 radical (unpaired) electrons. The van der Waals surface area contributed by atoms with Crippen molar-refractivity contribution in [2.75, 3.05) is 0 Å². The van der Waals surface area contributed by atoms with E-state index in [4.69, 9.17) is 5.73 Å². The first-order valence-electron chi connectivity index (χ1n) is 4.95. The number of primary amides is 1. The summed E-state index contributed by atoms with van der Waals surface area (Å²) in [5, 5.41) is 9.54. The third-order valence-corrected chi connectivity index (χ3v) is 2.87. The van der Waals surface area contributed by atoms with Crippen LogP contribution in [0, 0.1) is 0 Å². The number of ether oxygens (including phenoxy) is 1. The monoisotopic (exact) mass is 332 g/mol. The van der Waals surface area contributed by atoms with Crippen LogP contribution in [-0.2, 0) is 0 Å². The Labute approximate surface area is 114 Å². The molecule has 0 saturated carbocycles. The highest BCUT2D eigenvalue weighted by Gasteiger charge is 2.22. The number of alkyl halides is 2. The van der Waals surface area contributed by atoms with E-state index in [1.165, 1.54) is 12.1 Å². The van der Waals surface area contributed by atoms with E-state index in [1.54, 1.807) is 6.07 Å². The minimum absolute atomic E-state index is 0.0376. The van der Waals surface area contributed by atoms with Crippen LogP contribution in [0.4, 0.5) is 8.78 Å². The van der Waals surface area contributed by atoms with Crippen molar-refractivity contribution in [1.29, 1.82) is 0 Å². The Morgan fingerprint density at radius 1 is 1.42 bits per heavy atom. The number of nitrogens with two attached hydrogens (primary N) is 1. The van der Waals surface area contributed by atoms with E-state index in [1.807, 2.05) is 0 Å². The average Bonchev–Trinajstić information content (AvgIpc) is 2.77. The first-order valence-corrected chi connectivity index (χ1v) is 5.74. The SMILES string of the molecule is NC(=O)c1n[nH]nc1-c1c(Br)cccc1OC(F)F. The van der Waals surface area contributed by atoms with Gasteiger partial charge in [0.25, 0.3) is 5.91 Å². The topological polar surface area (TPSA) is 93.9 Å². The van der Waals surface area contributed by atoms with Crippen molar-refractivity contribution in [3.05, 3.63) is 28.4 Å². The molecule has 2 rings (SSSR count). The molecule has 19 heavy (non-hydrogen) atoms. The number of halogens is 3. The normalized spacial score (nSPS) is 10.7. The first-order chi connectivity index (χ1) is 9.00. The van der Waals surface area contributed by atoms with Crippen molar-refractivity contribution < 1.29 is 18.3 Å². The molecule has 9 heteroatoms. The van der Waals surface area contributed by atoms with E-state index in [2.05, 4.69) is 36.1 Å². The average molecular weight is 333 g/mol. The molecule has 2 aromatic rings. The predicted octanol–water partition coefficient (Wildman–Crippen LogP) is 1.93. The molecule has 0 aliphatic heterocycles. The summed E-state index contributed by atoms with van der Waals surface area (Å²) in [4.78, 5) is 11.2. The molecule has 100 valence electrons. The summed E-state index contributed by atoms with van der Waals surface area (Å²) >= 11 is 3.18. The van der Waals surface area contributed by atoms with Crippen LogP contribution in [0.1, 0.15) is 10.5 Å². The smallest absolute Gasteiger partial charge is 0.387 e. The van der Waals surface area contributed by atoms with E-state index in [9.17, 15) is 13.6 Å². The number of aromatic nitrogens is 3. The second-order valence-corrected chi connectivity index (χ2v) is 4.23. The van der Waals surface area contributed by atoms with E-state index in [0.29, 0.717) is 4.47 Å². The van der Waals surface area contributed by atoms with Gasteiger partial charge in [0, 0.05) is 4.47 Å². The van der Waals surface area contributed by atoms with Crippen molar-refractivity contribution in [2.24, 2.45) is 5.73 Å². The molecular formula is C10H7BrF2N4O2. The Morgan fingerprint density at radius 2 is 2.16 bits per heavy atom. The molecule has 1 aromatic carbocycles. The van der Waals surface area contributed by atoms with Gasteiger partial charge in [-0.25, -0.2) is 0 Å². The minimum Gasteiger partial charge on any atom is -0.434 e. The summed E-state index contributed by atoms with van der Waals surface area (Å²) in [6, 6.07) is 4.42. The Hall–Kier alpha value is -2.03. The fourth-order valence-corrected chi connectivity index (χ4v) is 2.04. The number of benzene rings is 1. The summed E-state index contributed by atoms with van der Waals surface area (Å²) in [5.41, 5.74) is 5.18. The number of rotatable bonds is 4. The highest BCUT2D eigenvalue weighted by atomic mass is 79.9. The van der Waals surface area contributed by atoms with Gasteiger partial charge in [-0.3, -0.25) is 4.79 Å². The van der Waals surface area contributed by atoms with Gasteiger partial charge in [-0.05, 0) is 28.1 Å². The third kappa shape index (κ3) is 2.70. The van der Waals surface area contributed by atoms with Crippen LogP contribution in [-0.4, -0.2) is 27.9 Å². The Morgan fingerprint density at radius 3 is 2.79 bits per heavy atom. The van der Waals surface area contributed by atoms with Gasteiger partial charge in [-0.1, -0.05) is 6.07 Å². The number of carbonyl (C=O) groups excluding carboxylic acids is 1. The van der Waals surface area contributed by atoms with E-state index in [-0.39, 0.29) is 22.7 Å². The number of carbonyl (C=O) groups is 1. The van der Waals surface area contributed by atoms with Crippen LogP contribution in [0.5, 0.6) is 5.75 Å². The summed E-state index contributed by atoms with van der Waals surface area (Å²) < 4.78 is 29.5. The van der Waals surface area contributed by atoms with Crippen LogP contribution < -0.4 is 10.5 Å². The fourth-order valence-electron chi connectivity index (χ4n) is 1.51. The Bertz CT molecular complexity index is 617. The lowest BCUT2D eigenvalue weighted by Crippen LogP contribution is -2.13. The van der Waals surface area contributed by atoms with Crippen molar-refractivity contribution >= 4 is 21.8 Å². The van der Waals surface area contributed by atoms with Crippen molar-refractivity contribution in [3.63, 3.8) is 0 Å². The maximum absolute atomic E-state index is 12.4. The van der Waals surface area contributed by atoms with Gasteiger partial charge in [0.1, 0.15) is 11.4 Å². The lowest BCUT2D eigenvalue weighted by Gasteiger charge is -2.10. The zero-order chi connectivity index (χ0) is 14.0. The second kappa shape index (κ2) is 5.31. The summed E-state index contributed by atoms with van der Waals surface area (Å²) in [6.07, 6.45) is 0. The largest absolute Gasteiger partial charge is 0.434 e. The van der Waals surface area contributed by atoms with Gasteiger partial charge in [0.05, 0.1) is 5.56 Å². The predicted molar refractivity (Wildman–Crippen MR) is 64.7 cm³/mol. The highest BCUT2D eigenvalue weighted by Crippen LogP contribution is 2.37. The molecule has 0 spiro atoms. The first kappa shape index (κ1) is 13.4. The molecule has 1 heterocycles. The molecule has 0 atom stereocenters. The van der Waals surface area contributed by atoms with E-state index >= 15 is 0 Å². The lowest BCUT2D eigenvalue weighted by atomic mass is 10.1. The summed E-state index contributed by atoms with van der Waals surface area (Å²) in [6.45, 7) is -3.00. The van der Waals surface area contributed by atoms with Crippen molar-refractivity contribution in [1.82, 2.24) is 15.4 Å². The lowest BCUT2D eigenvalue weighted by molar-refractivity contribution is -0.0494. The van der Waals surface area contributed by atoms with E-state index < -0.39 is 12.5 Å². The van der Waals surface area contributed by atoms with E-state index in [0.717, 1.165) is 0 Å². The van der Waals surface area contributed by atoms with Gasteiger partial charge < -0.3 is 10.5 Å². The second-order valence-electron chi connectivity index (χ2n) is 3.38. The molecule has 3 N–H and O–H groups in total. The molecule has 0 bridgehead atoms. The van der Waals surface area contributed by atoms with Crippen LogP contribution in [0.2, 0.25) is 0 Å². The number of nitrogens with one attached hydrogen (secondary N) is 1. The minimum atomic E-state index is -3.00. The molecule has 0 saturated heterocycles. The zero-order valence-corrected chi connectivity index (χ0v) is 10.8. The maximum Gasteiger partial charge on any atom is 0.387 e. The fraction of sp³-hybridized carbons (Fsp3) is 0.100. The molecule has 1 aromatic heterocycles. The molecular weight excluding hydrogens is 326 g/mol. The molecule has 6 nitrogen and oxygen atoms in total. The quantitative estimate of drug-likeness (QED) is 0.894. The van der Waals surface area contributed by atoms with Gasteiger partial charge in [-0.2, -0.15) is 24.2 Å². The highest BCUT2D eigenvalue weighted by molar-refractivity contribution is 9.10. The number of H-pyrrole nitrogens is 1. The van der Waals surface area contributed by atoms with Crippen LogP contribution in [0.3, 0.4) is 0 Å². The van der Waals surface area contributed by atoms with Crippen LogP contribution >= 0.6 is 15.9 Å². The van der Waals surface area contributed by atoms with Crippen LogP contribution in [0.25, 0.3) is 11.3 Å². The molecule has 0 aliphatic rings. The summed E-state index contributed by atoms with van der Waals surface area (Å²) in [7, 11) is 0. The number of hydrogen-bond acceptors (Lipinski definition) is 4. The Kier molecular flexibility index (Phi) is 3.74. The van der Waals surface area contributed by atoms with Crippen LogP contribution in [0.15, 0.2) is 22.7 Å². The third-order valence-electron chi connectivity index (χ3n) is 2.21. The van der Waals surface area contributed by atoms with Crippen molar-refractivity contribution in [2.45, 2.75) is 6.61 Å². The Balaban J connectivity index is 2.60. The van der Waals surface area contributed by atoms with Crippen molar-refractivity contribution in [3.8, 4) is 17.0 Å². The standard InChI is InChI=1S/C10H7BrF2N4O2/c11-4-2-1-3-5(19-10(12)13)6(4)7-8(9(14)18)16-17-15-7/h1-3,10H,(H2,14,18)(H,15,16,17). The number of aromatic amines is 1. The summed E-state index contributed by atoms with van der Waals surface area (Å²) in [5.74, 6) is -0.969. The molecule has 0 unspecified atom stereocenters. The molecule has 1 amide bonds. The number of hydrogen-bond donors (Lipinski definition) is 2. The number of nitrogens with zero attached hydrogens (tertiary/aromatic N) is 2. The molecule has 0 fully saturated rings. The zero-order valence-electron chi connectivity index (χ0n) is 9.23. The number of amides is 1. The molecule has 0 aliphatic carbocycles. The van der Waals surface area contributed by atoms with Gasteiger partial charge in [0.15, 0.2) is 5.69 Å².